The van der Waals surface area contributed by atoms with Gasteiger partial charge in [-0.2, -0.15) is 5.26 Å². The summed E-state index contributed by atoms with van der Waals surface area (Å²) in [6.07, 6.45) is 0.955. The van der Waals surface area contributed by atoms with Gasteiger partial charge in [-0.05, 0) is 24.6 Å². The Morgan fingerprint density at radius 2 is 2.11 bits per heavy atom. The molecular weight excluding hydrogens is 228 g/mol. The number of hydrogen-bond acceptors (Lipinski definition) is 4. The van der Waals surface area contributed by atoms with E-state index >= 15 is 0 Å². The van der Waals surface area contributed by atoms with Gasteiger partial charge in [0.25, 0.3) is 0 Å². The van der Waals surface area contributed by atoms with Gasteiger partial charge in [-0.25, -0.2) is 0 Å². The molecule has 0 heterocycles. The molecular formula is C14H20N2O2. The minimum absolute atomic E-state index is 0.639. The molecule has 18 heavy (non-hydrogen) atoms. The summed E-state index contributed by atoms with van der Waals surface area (Å²) in [4.78, 5) is 2.13. The van der Waals surface area contributed by atoms with Crippen molar-refractivity contribution in [1.82, 2.24) is 0 Å². The second kappa shape index (κ2) is 8.51. The number of rotatable bonds is 8. The van der Waals surface area contributed by atoms with E-state index in [1.54, 1.807) is 7.11 Å². The third-order valence-electron chi connectivity index (χ3n) is 2.63. The van der Waals surface area contributed by atoms with Crippen LogP contribution < -0.4 is 4.90 Å². The van der Waals surface area contributed by atoms with Gasteiger partial charge < -0.3 is 14.4 Å². The van der Waals surface area contributed by atoms with Crippen LogP contribution in [0.3, 0.4) is 0 Å². The Bertz CT molecular complexity index is 388. The first-order chi connectivity index (χ1) is 8.77. The zero-order valence-electron chi connectivity index (χ0n) is 11.1. The molecule has 0 saturated carbocycles. The van der Waals surface area contributed by atoms with Crippen molar-refractivity contribution in [3.63, 3.8) is 0 Å². The van der Waals surface area contributed by atoms with E-state index in [-0.39, 0.29) is 0 Å². The molecule has 0 aromatic heterocycles. The zero-order valence-corrected chi connectivity index (χ0v) is 11.1. The highest BCUT2D eigenvalue weighted by Crippen LogP contribution is 2.14. The molecule has 4 nitrogen and oxygen atoms in total. The fourth-order valence-corrected chi connectivity index (χ4v) is 1.59. The van der Waals surface area contributed by atoms with Crippen molar-refractivity contribution < 1.29 is 9.47 Å². The average Bonchev–Trinajstić information content (AvgIpc) is 2.42. The van der Waals surface area contributed by atoms with Crippen LogP contribution in [-0.2, 0) is 9.47 Å². The lowest BCUT2D eigenvalue weighted by molar-refractivity contribution is 0.0701. The maximum atomic E-state index is 8.84. The standard InChI is InChI=1S/C14H20N2O2/c1-16(7-4-8-18-10-9-17-2)14-6-3-5-13(11-14)12-15/h3,5-6,11H,4,7-10H2,1-2H3. The summed E-state index contributed by atoms with van der Waals surface area (Å²) in [6, 6.07) is 9.76. The largest absolute Gasteiger partial charge is 0.382 e. The van der Waals surface area contributed by atoms with Crippen molar-refractivity contribution >= 4 is 5.69 Å². The van der Waals surface area contributed by atoms with Crippen molar-refractivity contribution in [3.8, 4) is 6.07 Å². The summed E-state index contributed by atoms with van der Waals surface area (Å²) in [7, 11) is 3.69. The Morgan fingerprint density at radius 1 is 1.28 bits per heavy atom. The molecule has 0 amide bonds. The van der Waals surface area contributed by atoms with E-state index in [1.807, 2.05) is 31.3 Å². The maximum absolute atomic E-state index is 8.84. The Hall–Kier alpha value is -1.57. The van der Waals surface area contributed by atoms with E-state index in [1.165, 1.54) is 0 Å². The lowest BCUT2D eigenvalue weighted by Gasteiger charge is -2.19. The SMILES string of the molecule is COCCOCCCN(C)c1cccc(C#N)c1. The van der Waals surface area contributed by atoms with Gasteiger partial charge in [0.1, 0.15) is 0 Å². The molecule has 0 atom stereocenters. The summed E-state index contributed by atoms with van der Waals surface area (Å²) in [5, 5.41) is 8.84. The van der Waals surface area contributed by atoms with Crippen molar-refractivity contribution in [3.05, 3.63) is 29.8 Å². The molecule has 0 radical (unpaired) electrons. The lowest BCUT2D eigenvalue weighted by atomic mass is 10.2. The smallest absolute Gasteiger partial charge is 0.0992 e. The maximum Gasteiger partial charge on any atom is 0.0992 e. The molecule has 1 aromatic carbocycles. The van der Waals surface area contributed by atoms with Gasteiger partial charge in [0.2, 0.25) is 0 Å². The molecule has 0 saturated heterocycles. The highest BCUT2D eigenvalue weighted by Gasteiger charge is 2.01. The number of nitrogens with zero attached hydrogens (tertiary/aromatic N) is 2. The third kappa shape index (κ3) is 5.17. The average molecular weight is 248 g/mol. The van der Waals surface area contributed by atoms with Gasteiger partial charge in [0.05, 0.1) is 24.8 Å². The number of nitriles is 1. The second-order valence-electron chi connectivity index (χ2n) is 4.04. The predicted octanol–water partition coefficient (Wildman–Crippen LogP) is 2.05. The molecule has 0 aliphatic carbocycles. The van der Waals surface area contributed by atoms with E-state index in [0.29, 0.717) is 18.8 Å². The van der Waals surface area contributed by atoms with Crippen LogP contribution in [0.4, 0.5) is 5.69 Å². The molecule has 0 N–H and O–H groups in total. The zero-order chi connectivity index (χ0) is 13.2. The number of ether oxygens (including phenoxy) is 2. The van der Waals surface area contributed by atoms with E-state index in [4.69, 9.17) is 14.7 Å². The summed E-state index contributed by atoms with van der Waals surface area (Å²) in [5.41, 5.74) is 1.75. The van der Waals surface area contributed by atoms with Crippen molar-refractivity contribution in [2.75, 3.05) is 45.4 Å². The van der Waals surface area contributed by atoms with E-state index in [9.17, 15) is 0 Å². The quantitative estimate of drug-likeness (QED) is 0.660. The summed E-state index contributed by atoms with van der Waals surface area (Å²) < 4.78 is 10.3. The molecule has 0 aliphatic rings. The molecule has 4 heteroatoms. The molecule has 0 bridgehead atoms. The van der Waals surface area contributed by atoms with Crippen LogP contribution in [0.5, 0.6) is 0 Å². The van der Waals surface area contributed by atoms with Crippen molar-refractivity contribution in [1.29, 1.82) is 5.26 Å². The molecule has 1 aromatic rings. The van der Waals surface area contributed by atoms with Gasteiger partial charge in [0, 0.05) is 33.0 Å². The molecule has 1 rings (SSSR count). The minimum atomic E-state index is 0.639. The van der Waals surface area contributed by atoms with Crippen molar-refractivity contribution in [2.45, 2.75) is 6.42 Å². The highest BCUT2D eigenvalue weighted by molar-refractivity contribution is 5.50. The summed E-state index contributed by atoms with van der Waals surface area (Å²) >= 11 is 0. The first-order valence-corrected chi connectivity index (χ1v) is 6.06. The normalized spacial score (nSPS) is 10.1. The third-order valence-corrected chi connectivity index (χ3v) is 2.63. The minimum Gasteiger partial charge on any atom is -0.382 e. The fourth-order valence-electron chi connectivity index (χ4n) is 1.59. The molecule has 0 spiro atoms. The molecule has 0 fully saturated rings. The first-order valence-electron chi connectivity index (χ1n) is 6.06. The molecule has 98 valence electrons. The first kappa shape index (κ1) is 14.5. The van der Waals surface area contributed by atoms with E-state index in [0.717, 1.165) is 25.3 Å². The van der Waals surface area contributed by atoms with Crippen LogP contribution >= 0.6 is 0 Å². The lowest BCUT2D eigenvalue weighted by Crippen LogP contribution is -2.20. The topological polar surface area (TPSA) is 45.5 Å². The number of hydrogen-bond donors (Lipinski definition) is 0. The second-order valence-corrected chi connectivity index (χ2v) is 4.04. The van der Waals surface area contributed by atoms with E-state index in [2.05, 4.69) is 11.0 Å². The van der Waals surface area contributed by atoms with Gasteiger partial charge in [-0.15, -0.1) is 0 Å². The van der Waals surface area contributed by atoms with Crippen LogP contribution in [0.2, 0.25) is 0 Å². The predicted molar refractivity (Wildman–Crippen MR) is 71.7 cm³/mol. The molecule has 0 unspecified atom stereocenters. The summed E-state index contributed by atoms with van der Waals surface area (Å²) in [5.74, 6) is 0. The fraction of sp³-hybridized carbons (Fsp3) is 0.500. The van der Waals surface area contributed by atoms with E-state index < -0.39 is 0 Å². The van der Waals surface area contributed by atoms with Gasteiger partial charge in [-0.1, -0.05) is 6.07 Å². The van der Waals surface area contributed by atoms with Gasteiger partial charge in [0.15, 0.2) is 0 Å². The van der Waals surface area contributed by atoms with Crippen LogP contribution in [0.15, 0.2) is 24.3 Å². The number of benzene rings is 1. The monoisotopic (exact) mass is 248 g/mol. The van der Waals surface area contributed by atoms with Crippen LogP contribution in [0.1, 0.15) is 12.0 Å². The van der Waals surface area contributed by atoms with Gasteiger partial charge in [-0.3, -0.25) is 0 Å². The Kier molecular flexibility index (Phi) is 6.85. The van der Waals surface area contributed by atoms with Crippen LogP contribution in [0, 0.1) is 11.3 Å². The van der Waals surface area contributed by atoms with Gasteiger partial charge >= 0.3 is 0 Å². The Morgan fingerprint density at radius 3 is 2.83 bits per heavy atom. The highest BCUT2D eigenvalue weighted by atomic mass is 16.5. The van der Waals surface area contributed by atoms with Crippen LogP contribution in [0.25, 0.3) is 0 Å². The van der Waals surface area contributed by atoms with Crippen LogP contribution in [-0.4, -0.2) is 40.5 Å². The molecule has 0 aliphatic heterocycles. The summed E-state index contributed by atoms with van der Waals surface area (Å²) in [6.45, 7) is 2.91. The Labute approximate surface area is 109 Å². The van der Waals surface area contributed by atoms with Crippen molar-refractivity contribution in [2.24, 2.45) is 0 Å². The number of methoxy groups -OCH3 is 1. The Balaban J connectivity index is 2.27. The number of anilines is 1.